The first-order chi connectivity index (χ1) is 12.1. The average molecular weight is 366 g/mol. The summed E-state index contributed by atoms with van der Waals surface area (Å²) in [5.74, 6) is 0. The maximum atomic E-state index is 9.58. The Morgan fingerprint density at radius 3 is 2.52 bits per heavy atom. The summed E-state index contributed by atoms with van der Waals surface area (Å²) in [5, 5.41) is 9.58. The van der Waals surface area contributed by atoms with Crippen LogP contribution in [0.2, 0.25) is 0 Å². The van der Waals surface area contributed by atoms with Crippen LogP contribution >= 0.6 is 11.3 Å². The van der Waals surface area contributed by atoms with Gasteiger partial charge in [0.05, 0.1) is 0 Å². The van der Waals surface area contributed by atoms with Gasteiger partial charge in [-0.3, -0.25) is 9.80 Å². The van der Waals surface area contributed by atoms with Gasteiger partial charge in [-0.15, -0.1) is 11.3 Å². The predicted octanol–water partition coefficient (Wildman–Crippen LogP) is 2.80. The van der Waals surface area contributed by atoms with E-state index in [1.54, 1.807) is 0 Å². The van der Waals surface area contributed by atoms with Crippen molar-refractivity contribution in [3.05, 3.63) is 21.9 Å². The fourth-order valence-electron chi connectivity index (χ4n) is 4.49. The molecule has 3 heterocycles. The topological polar surface area (TPSA) is 30.0 Å². The number of hydrogen-bond donors (Lipinski definition) is 1. The van der Waals surface area contributed by atoms with Gasteiger partial charge in [0.25, 0.3) is 0 Å². The predicted molar refractivity (Wildman–Crippen MR) is 106 cm³/mol. The standard InChI is InChI=1S/C20H35N3OS/c1-16(2)22-9-6-18(7-10-22)23-12-11-21(14-19(23)8-13-24)15-20-5-4-17(3)25-20/h4-5,16,18-19,24H,6-15H2,1-3H3/t19-/m0/s1. The number of hydrogen-bond acceptors (Lipinski definition) is 5. The Kier molecular flexibility index (Phi) is 6.92. The Hall–Kier alpha value is -0.460. The summed E-state index contributed by atoms with van der Waals surface area (Å²) in [7, 11) is 0. The van der Waals surface area contributed by atoms with Crippen LogP contribution in [0.1, 0.15) is 42.9 Å². The second-order valence-electron chi connectivity index (χ2n) is 8.01. The molecule has 3 rings (SSSR count). The van der Waals surface area contributed by atoms with Crippen LogP contribution in [0, 0.1) is 6.92 Å². The molecule has 0 aromatic carbocycles. The molecule has 1 aromatic rings. The Morgan fingerprint density at radius 2 is 1.92 bits per heavy atom. The lowest BCUT2D eigenvalue weighted by Crippen LogP contribution is -2.58. The van der Waals surface area contributed by atoms with E-state index in [4.69, 9.17) is 0 Å². The van der Waals surface area contributed by atoms with Crippen molar-refractivity contribution >= 4 is 11.3 Å². The Labute approximate surface area is 157 Å². The number of piperidine rings is 1. The molecule has 0 spiro atoms. The molecule has 0 amide bonds. The van der Waals surface area contributed by atoms with Crippen LogP contribution in [-0.2, 0) is 6.54 Å². The molecule has 2 saturated heterocycles. The van der Waals surface area contributed by atoms with Crippen molar-refractivity contribution in [2.24, 2.45) is 0 Å². The van der Waals surface area contributed by atoms with E-state index >= 15 is 0 Å². The third kappa shape index (κ3) is 5.04. The van der Waals surface area contributed by atoms with Crippen molar-refractivity contribution in [3.8, 4) is 0 Å². The molecule has 0 bridgehead atoms. The van der Waals surface area contributed by atoms with E-state index in [2.05, 4.69) is 47.6 Å². The van der Waals surface area contributed by atoms with Gasteiger partial charge >= 0.3 is 0 Å². The normalized spacial score (nSPS) is 25.1. The molecule has 1 aromatic heterocycles. The maximum absolute atomic E-state index is 9.58. The summed E-state index contributed by atoms with van der Waals surface area (Å²) < 4.78 is 0. The fraction of sp³-hybridized carbons (Fsp3) is 0.800. The number of aryl methyl sites for hydroxylation is 1. The fourth-order valence-corrected chi connectivity index (χ4v) is 5.42. The summed E-state index contributed by atoms with van der Waals surface area (Å²) in [5.41, 5.74) is 0. The summed E-state index contributed by atoms with van der Waals surface area (Å²) in [4.78, 5) is 10.8. The van der Waals surface area contributed by atoms with Crippen molar-refractivity contribution in [2.45, 2.75) is 64.7 Å². The van der Waals surface area contributed by atoms with Crippen LogP contribution in [0.25, 0.3) is 0 Å². The minimum Gasteiger partial charge on any atom is -0.396 e. The van der Waals surface area contributed by atoms with Crippen molar-refractivity contribution in [1.82, 2.24) is 14.7 Å². The number of aliphatic hydroxyl groups excluding tert-OH is 1. The SMILES string of the molecule is Cc1ccc(CN2CCN(C3CCN(C(C)C)CC3)[C@@H](CCO)C2)s1. The van der Waals surface area contributed by atoms with Gasteiger partial charge in [-0.1, -0.05) is 0 Å². The molecule has 0 aliphatic carbocycles. The molecule has 142 valence electrons. The van der Waals surface area contributed by atoms with Gasteiger partial charge in [0.1, 0.15) is 0 Å². The van der Waals surface area contributed by atoms with Gasteiger partial charge in [-0.2, -0.15) is 0 Å². The molecule has 2 aliphatic heterocycles. The molecular weight excluding hydrogens is 330 g/mol. The molecule has 0 saturated carbocycles. The quantitative estimate of drug-likeness (QED) is 0.840. The van der Waals surface area contributed by atoms with E-state index in [0.29, 0.717) is 24.7 Å². The first kappa shape index (κ1) is 19.3. The van der Waals surface area contributed by atoms with E-state index < -0.39 is 0 Å². The van der Waals surface area contributed by atoms with Gasteiger partial charge in [0, 0.05) is 60.7 Å². The van der Waals surface area contributed by atoms with Gasteiger partial charge in [-0.05, 0) is 65.3 Å². The molecule has 2 aliphatic rings. The number of piperazine rings is 1. The van der Waals surface area contributed by atoms with Gasteiger partial charge in [-0.25, -0.2) is 0 Å². The van der Waals surface area contributed by atoms with Gasteiger partial charge in [0.2, 0.25) is 0 Å². The lowest BCUT2D eigenvalue weighted by Gasteiger charge is -2.48. The van der Waals surface area contributed by atoms with E-state index in [1.165, 1.54) is 35.7 Å². The summed E-state index contributed by atoms with van der Waals surface area (Å²) in [6, 6.07) is 6.38. The van der Waals surface area contributed by atoms with E-state index in [1.807, 2.05) is 11.3 Å². The highest BCUT2D eigenvalue weighted by Crippen LogP contribution is 2.26. The largest absolute Gasteiger partial charge is 0.396 e. The third-order valence-corrected chi connectivity index (χ3v) is 6.93. The first-order valence-corrected chi connectivity index (χ1v) is 10.8. The number of rotatable bonds is 6. The molecule has 0 unspecified atom stereocenters. The zero-order valence-electron chi connectivity index (χ0n) is 16.2. The lowest BCUT2D eigenvalue weighted by atomic mass is 9.97. The van der Waals surface area contributed by atoms with Crippen LogP contribution < -0.4 is 0 Å². The minimum atomic E-state index is 0.304. The Balaban J connectivity index is 1.56. The van der Waals surface area contributed by atoms with Gasteiger partial charge < -0.3 is 10.0 Å². The maximum Gasteiger partial charge on any atom is 0.0446 e. The molecule has 0 radical (unpaired) electrons. The molecule has 2 fully saturated rings. The molecular formula is C20H35N3OS. The van der Waals surface area contributed by atoms with Crippen molar-refractivity contribution in [1.29, 1.82) is 0 Å². The van der Waals surface area contributed by atoms with Gasteiger partial charge in [0.15, 0.2) is 0 Å². The van der Waals surface area contributed by atoms with Crippen molar-refractivity contribution in [3.63, 3.8) is 0 Å². The monoisotopic (exact) mass is 365 g/mol. The zero-order valence-corrected chi connectivity index (χ0v) is 17.0. The molecule has 25 heavy (non-hydrogen) atoms. The molecule has 4 nitrogen and oxygen atoms in total. The van der Waals surface area contributed by atoms with Crippen LogP contribution in [-0.4, -0.2) is 77.3 Å². The highest BCUT2D eigenvalue weighted by Gasteiger charge is 2.33. The van der Waals surface area contributed by atoms with Crippen molar-refractivity contribution < 1.29 is 5.11 Å². The summed E-state index contributed by atoms with van der Waals surface area (Å²) in [6.07, 6.45) is 3.47. The van der Waals surface area contributed by atoms with Crippen LogP contribution in [0.3, 0.4) is 0 Å². The molecule has 1 N–H and O–H groups in total. The zero-order chi connectivity index (χ0) is 17.8. The van der Waals surface area contributed by atoms with E-state index in [0.717, 1.165) is 32.6 Å². The second-order valence-corrected chi connectivity index (χ2v) is 9.38. The smallest absolute Gasteiger partial charge is 0.0446 e. The van der Waals surface area contributed by atoms with E-state index in [-0.39, 0.29) is 0 Å². The summed E-state index contributed by atoms with van der Waals surface area (Å²) >= 11 is 1.92. The molecule has 1 atom stereocenters. The third-order valence-electron chi connectivity index (χ3n) is 5.95. The second kappa shape index (κ2) is 8.96. The number of nitrogens with zero attached hydrogens (tertiary/aromatic N) is 3. The number of aliphatic hydroxyl groups is 1. The Morgan fingerprint density at radius 1 is 1.16 bits per heavy atom. The number of thiophene rings is 1. The van der Waals surface area contributed by atoms with Crippen LogP contribution in [0.4, 0.5) is 0 Å². The minimum absolute atomic E-state index is 0.304. The van der Waals surface area contributed by atoms with E-state index in [9.17, 15) is 5.11 Å². The highest BCUT2D eigenvalue weighted by atomic mass is 32.1. The van der Waals surface area contributed by atoms with Crippen LogP contribution in [0.5, 0.6) is 0 Å². The molecule has 5 heteroatoms. The lowest BCUT2D eigenvalue weighted by molar-refractivity contribution is 0.000232. The first-order valence-electron chi connectivity index (χ1n) is 9.95. The summed E-state index contributed by atoms with van der Waals surface area (Å²) in [6.45, 7) is 14.0. The van der Waals surface area contributed by atoms with Crippen molar-refractivity contribution in [2.75, 3.05) is 39.3 Å². The van der Waals surface area contributed by atoms with Crippen LogP contribution in [0.15, 0.2) is 12.1 Å². The Bertz CT molecular complexity index is 525. The number of likely N-dealkylation sites (tertiary alicyclic amines) is 1. The average Bonchev–Trinajstić information content (AvgIpc) is 3.00. The highest BCUT2D eigenvalue weighted by molar-refractivity contribution is 7.11.